The second kappa shape index (κ2) is 6.74. The quantitative estimate of drug-likeness (QED) is 0.746. The van der Waals surface area contributed by atoms with Gasteiger partial charge in [0.15, 0.2) is 0 Å². The summed E-state index contributed by atoms with van der Waals surface area (Å²) in [5.41, 5.74) is 0. The lowest BCUT2D eigenvalue weighted by atomic mass is 9.80. The minimum atomic E-state index is -2.79. The summed E-state index contributed by atoms with van der Waals surface area (Å²) in [6, 6.07) is 0.615. The van der Waals surface area contributed by atoms with Gasteiger partial charge >= 0.3 is 0 Å². The molecule has 0 aromatic heterocycles. The Morgan fingerprint density at radius 2 is 1.76 bits per heavy atom. The van der Waals surface area contributed by atoms with Gasteiger partial charge in [-0.3, -0.25) is 0 Å². The molecule has 0 aliphatic heterocycles. The first-order valence-corrected chi connectivity index (χ1v) is 8.85. The van der Waals surface area contributed by atoms with E-state index in [0.717, 1.165) is 24.8 Å². The van der Waals surface area contributed by atoms with Crippen LogP contribution in [0.3, 0.4) is 0 Å². The van der Waals surface area contributed by atoms with Crippen molar-refractivity contribution in [1.82, 2.24) is 5.32 Å². The molecule has 0 aromatic rings. The highest BCUT2D eigenvalue weighted by Crippen LogP contribution is 2.29. The molecule has 0 unspecified atom stereocenters. The molecule has 3 nitrogen and oxygen atoms in total. The molecule has 0 saturated heterocycles. The average molecular weight is 261 g/mol. The van der Waals surface area contributed by atoms with Crippen LogP contribution in [0.25, 0.3) is 0 Å². The van der Waals surface area contributed by atoms with Crippen LogP contribution in [0.5, 0.6) is 0 Å². The van der Waals surface area contributed by atoms with Gasteiger partial charge < -0.3 is 5.32 Å². The molecule has 1 N–H and O–H groups in total. The van der Waals surface area contributed by atoms with E-state index >= 15 is 0 Å². The molecule has 0 bridgehead atoms. The van der Waals surface area contributed by atoms with Crippen LogP contribution in [0, 0.1) is 11.8 Å². The van der Waals surface area contributed by atoms with E-state index in [1.54, 1.807) is 0 Å². The first kappa shape index (κ1) is 15.0. The third kappa shape index (κ3) is 6.41. The van der Waals surface area contributed by atoms with Crippen LogP contribution in [0.1, 0.15) is 46.0 Å². The van der Waals surface area contributed by atoms with E-state index in [1.165, 1.54) is 31.9 Å². The van der Waals surface area contributed by atoms with Crippen molar-refractivity contribution >= 4 is 9.84 Å². The van der Waals surface area contributed by atoms with Gasteiger partial charge in [0.2, 0.25) is 0 Å². The Bertz CT molecular complexity index is 303. The Morgan fingerprint density at radius 1 is 1.18 bits per heavy atom. The van der Waals surface area contributed by atoms with Crippen molar-refractivity contribution in [3.8, 4) is 0 Å². The molecular formula is C13H27NO2S. The van der Waals surface area contributed by atoms with E-state index in [-0.39, 0.29) is 0 Å². The fraction of sp³-hybridized carbons (Fsp3) is 1.00. The molecule has 102 valence electrons. The predicted octanol–water partition coefficient (Wildman–Crippen LogP) is 2.23. The number of nitrogens with one attached hydrogen (secondary N) is 1. The normalized spacial score (nSPS) is 26.4. The van der Waals surface area contributed by atoms with Crippen molar-refractivity contribution in [2.24, 2.45) is 11.8 Å². The topological polar surface area (TPSA) is 46.2 Å². The number of rotatable bonds is 6. The average Bonchev–Trinajstić information content (AvgIpc) is 2.24. The summed E-state index contributed by atoms with van der Waals surface area (Å²) in [7, 11) is -2.79. The Balaban J connectivity index is 2.10. The molecule has 17 heavy (non-hydrogen) atoms. The highest BCUT2D eigenvalue weighted by atomic mass is 32.2. The highest BCUT2D eigenvalue weighted by Gasteiger charge is 2.22. The predicted molar refractivity (Wildman–Crippen MR) is 72.9 cm³/mol. The van der Waals surface area contributed by atoms with Crippen molar-refractivity contribution in [3.05, 3.63) is 0 Å². The molecule has 1 aliphatic rings. The summed E-state index contributed by atoms with van der Waals surface area (Å²) in [5.74, 6) is 2.01. The van der Waals surface area contributed by atoms with Gasteiger partial charge in [-0.2, -0.15) is 0 Å². The van der Waals surface area contributed by atoms with Gasteiger partial charge in [-0.25, -0.2) is 8.42 Å². The summed E-state index contributed by atoms with van der Waals surface area (Å²) in [6.07, 6.45) is 7.19. The maximum atomic E-state index is 11.0. The Morgan fingerprint density at radius 3 is 2.24 bits per heavy atom. The number of hydrogen-bond acceptors (Lipinski definition) is 3. The van der Waals surface area contributed by atoms with Gasteiger partial charge in [-0.05, 0) is 50.5 Å². The first-order valence-electron chi connectivity index (χ1n) is 6.79. The molecule has 0 atom stereocenters. The lowest BCUT2D eigenvalue weighted by molar-refractivity contribution is 0.239. The number of hydrogen-bond donors (Lipinski definition) is 1. The van der Waals surface area contributed by atoms with Crippen LogP contribution in [-0.2, 0) is 9.84 Å². The molecule has 0 amide bonds. The largest absolute Gasteiger partial charge is 0.314 e. The van der Waals surface area contributed by atoms with Gasteiger partial charge in [0, 0.05) is 12.3 Å². The van der Waals surface area contributed by atoms with Gasteiger partial charge in [-0.1, -0.05) is 13.8 Å². The van der Waals surface area contributed by atoms with Crippen LogP contribution in [0.2, 0.25) is 0 Å². The lowest BCUT2D eigenvalue weighted by Gasteiger charge is -2.31. The summed E-state index contributed by atoms with van der Waals surface area (Å²) < 4.78 is 21.9. The fourth-order valence-electron chi connectivity index (χ4n) is 2.63. The highest BCUT2D eigenvalue weighted by molar-refractivity contribution is 7.90. The third-order valence-corrected chi connectivity index (χ3v) is 4.87. The van der Waals surface area contributed by atoms with E-state index < -0.39 is 9.84 Å². The summed E-state index contributed by atoms with van der Waals surface area (Å²) >= 11 is 0. The Hall–Kier alpha value is -0.0900. The van der Waals surface area contributed by atoms with Gasteiger partial charge in [-0.15, -0.1) is 0 Å². The van der Waals surface area contributed by atoms with Crippen molar-refractivity contribution in [1.29, 1.82) is 0 Å². The second-order valence-electron chi connectivity index (χ2n) is 5.79. The SMILES string of the molecule is CC(C)C1CCC(NCCCS(C)(=O)=O)CC1. The zero-order valence-corrected chi connectivity index (χ0v) is 12.2. The monoisotopic (exact) mass is 261 g/mol. The summed E-state index contributed by atoms with van der Waals surface area (Å²) in [4.78, 5) is 0. The van der Waals surface area contributed by atoms with E-state index in [9.17, 15) is 8.42 Å². The maximum absolute atomic E-state index is 11.0. The lowest BCUT2D eigenvalue weighted by Crippen LogP contribution is -2.35. The minimum absolute atomic E-state index is 0.307. The minimum Gasteiger partial charge on any atom is -0.314 e. The van der Waals surface area contributed by atoms with E-state index in [0.29, 0.717) is 11.8 Å². The summed E-state index contributed by atoms with van der Waals surface area (Å²) in [5, 5.41) is 3.49. The van der Waals surface area contributed by atoms with Crippen molar-refractivity contribution in [2.45, 2.75) is 52.0 Å². The molecule has 0 radical (unpaired) electrons. The molecule has 4 heteroatoms. The standard InChI is InChI=1S/C13H27NO2S/c1-11(2)12-5-7-13(8-6-12)14-9-4-10-17(3,15)16/h11-14H,4-10H2,1-3H3. The molecule has 1 rings (SSSR count). The fourth-order valence-corrected chi connectivity index (χ4v) is 3.30. The molecule has 0 heterocycles. The van der Waals surface area contributed by atoms with Crippen molar-refractivity contribution in [3.63, 3.8) is 0 Å². The molecule has 0 spiro atoms. The van der Waals surface area contributed by atoms with E-state index in [2.05, 4.69) is 19.2 Å². The van der Waals surface area contributed by atoms with Crippen molar-refractivity contribution < 1.29 is 8.42 Å². The van der Waals surface area contributed by atoms with Gasteiger partial charge in [0.1, 0.15) is 9.84 Å². The molecule has 1 aliphatic carbocycles. The molecule has 1 saturated carbocycles. The second-order valence-corrected chi connectivity index (χ2v) is 8.05. The van der Waals surface area contributed by atoms with Gasteiger partial charge in [0.25, 0.3) is 0 Å². The molecule has 0 aromatic carbocycles. The first-order chi connectivity index (χ1) is 7.88. The van der Waals surface area contributed by atoms with Crippen LogP contribution in [-0.4, -0.2) is 33.0 Å². The Kier molecular flexibility index (Phi) is 5.93. The number of sulfone groups is 1. The van der Waals surface area contributed by atoms with Crippen LogP contribution in [0.15, 0.2) is 0 Å². The molecular weight excluding hydrogens is 234 g/mol. The zero-order valence-electron chi connectivity index (χ0n) is 11.4. The molecule has 1 fully saturated rings. The summed E-state index contributed by atoms with van der Waals surface area (Å²) in [6.45, 7) is 5.46. The maximum Gasteiger partial charge on any atom is 0.147 e. The van der Waals surface area contributed by atoms with E-state index in [1.807, 2.05) is 0 Å². The van der Waals surface area contributed by atoms with Crippen molar-refractivity contribution in [2.75, 3.05) is 18.6 Å². The zero-order chi connectivity index (χ0) is 12.9. The van der Waals surface area contributed by atoms with Crippen LogP contribution in [0.4, 0.5) is 0 Å². The van der Waals surface area contributed by atoms with Crippen LogP contribution < -0.4 is 5.32 Å². The van der Waals surface area contributed by atoms with Crippen LogP contribution >= 0.6 is 0 Å². The third-order valence-electron chi connectivity index (χ3n) is 3.84. The smallest absolute Gasteiger partial charge is 0.147 e. The van der Waals surface area contributed by atoms with Gasteiger partial charge in [0.05, 0.1) is 5.75 Å². The van der Waals surface area contributed by atoms with E-state index in [4.69, 9.17) is 0 Å². The Labute approximate surface area is 106 Å².